The number of nitrogens with one attached hydrogen (secondary N) is 1. The van der Waals surface area contributed by atoms with Crippen molar-refractivity contribution in [2.45, 2.75) is 76.9 Å². The second kappa shape index (κ2) is 12.3. The molecule has 2 aromatic carbocycles. The predicted octanol–water partition coefficient (Wildman–Crippen LogP) is 4.12. The van der Waals surface area contributed by atoms with Gasteiger partial charge < -0.3 is 10.2 Å². The molecule has 0 radical (unpaired) electrons. The van der Waals surface area contributed by atoms with Crippen LogP contribution in [0.15, 0.2) is 59.5 Å². The van der Waals surface area contributed by atoms with Crippen molar-refractivity contribution in [1.29, 1.82) is 0 Å². The zero-order valence-corrected chi connectivity index (χ0v) is 22.6. The van der Waals surface area contributed by atoms with Gasteiger partial charge in [-0.1, -0.05) is 55.0 Å². The average Bonchev–Trinajstić information content (AvgIpc) is 2.78. The summed E-state index contributed by atoms with van der Waals surface area (Å²) in [6.45, 7) is 10.1. The standard InChI is InChI=1S/C27H39N3O4S/c1-7-24(26(32)28-27(3,4)5)30(20-22-14-11-13-21(2)19-22)25(31)17-12-18-29(6)35(33,34)23-15-9-8-10-16-23/h8-11,13-16,19,24H,7,12,17-18,20H2,1-6H3,(H,28,32)/t24-/m0/s1. The summed E-state index contributed by atoms with van der Waals surface area (Å²) in [5, 5.41) is 2.99. The molecule has 0 aromatic heterocycles. The molecule has 0 unspecified atom stereocenters. The fraction of sp³-hybridized carbons (Fsp3) is 0.481. The number of hydrogen-bond donors (Lipinski definition) is 1. The van der Waals surface area contributed by atoms with E-state index in [1.165, 1.54) is 11.4 Å². The van der Waals surface area contributed by atoms with Gasteiger partial charge in [-0.15, -0.1) is 0 Å². The Morgan fingerprint density at radius 1 is 1.03 bits per heavy atom. The van der Waals surface area contributed by atoms with Gasteiger partial charge in [0.2, 0.25) is 21.8 Å². The molecular weight excluding hydrogens is 462 g/mol. The maximum atomic E-state index is 13.4. The molecule has 0 spiro atoms. The van der Waals surface area contributed by atoms with Crippen LogP contribution in [0.4, 0.5) is 0 Å². The van der Waals surface area contributed by atoms with Gasteiger partial charge in [0.05, 0.1) is 4.90 Å². The zero-order chi connectivity index (χ0) is 26.2. The highest BCUT2D eigenvalue weighted by atomic mass is 32.2. The molecule has 35 heavy (non-hydrogen) atoms. The Kier molecular flexibility index (Phi) is 10.0. The van der Waals surface area contributed by atoms with Crippen LogP contribution in [0.3, 0.4) is 0 Å². The molecule has 7 nitrogen and oxygen atoms in total. The van der Waals surface area contributed by atoms with Crippen LogP contribution in [0, 0.1) is 6.92 Å². The van der Waals surface area contributed by atoms with Gasteiger partial charge in [0.25, 0.3) is 0 Å². The normalized spacial score (nSPS) is 12.9. The second-order valence-corrected chi connectivity index (χ2v) is 12.0. The van der Waals surface area contributed by atoms with Gasteiger partial charge in [-0.25, -0.2) is 12.7 Å². The molecule has 192 valence electrons. The zero-order valence-electron chi connectivity index (χ0n) is 21.7. The van der Waals surface area contributed by atoms with Crippen molar-refractivity contribution < 1.29 is 18.0 Å². The van der Waals surface area contributed by atoms with Crippen molar-refractivity contribution in [2.24, 2.45) is 0 Å². The van der Waals surface area contributed by atoms with E-state index in [1.54, 1.807) is 35.2 Å². The molecule has 0 saturated heterocycles. The third-order valence-corrected chi connectivity index (χ3v) is 7.51. The highest BCUT2D eigenvalue weighted by Crippen LogP contribution is 2.18. The van der Waals surface area contributed by atoms with Gasteiger partial charge in [0.1, 0.15) is 6.04 Å². The van der Waals surface area contributed by atoms with Crippen LogP contribution >= 0.6 is 0 Å². The molecular formula is C27H39N3O4S. The molecule has 0 bridgehead atoms. The Bertz CT molecular complexity index is 1090. The first-order valence-corrected chi connectivity index (χ1v) is 13.5. The maximum absolute atomic E-state index is 13.4. The van der Waals surface area contributed by atoms with Crippen LogP contribution in [0.25, 0.3) is 0 Å². The van der Waals surface area contributed by atoms with Gasteiger partial charge in [-0.05, 0) is 58.2 Å². The quantitative estimate of drug-likeness (QED) is 0.502. The molecule has 0 aliphatic heterocycles. The SMILES string of the molecule is CC[C@@H](C(=O)NC(C)(C)C)N(Cc1cccc(C)c1)C(=O)CCCN(C)S(=O)(=O)c1ccccc1. The van der Waals surface area contributed by atoms with Crippen molar-refractivity contribution in [1.82, 2.24) is 14.5 Å². The molecule has 8 heteroatoms. The highest BCUT2D eigenvalue weighted by Gasteiger charge is 2.30. The molecule has 1 atom stereocenters. The molecule has 0 aliphatic rings. The fourth-order valence-corrected chi connectivity index (χ4v) is 5.10. The lowest BCUT2D eigenvalue weighted by molar-refractivity contribution is -0.142. The van der Waals surface area contributed by atoms with Crippen molar-refractivity contribution >= 4 is 21.8 Å². The molecule has 0 aliphatic carbocycles. The van der Waals surface area contributed by atoms with Crippen molar-refractivity contribution in [3.63, 3.8) is 0 Å². The van der Waals surface area contributed by atoms with E-state index in [1.807, 2.05) is 58.9 Å². The van der Waals surface area contributed by atoms with E-state index in [0.29, 0.717) is 19.4 Å². The number of amides is 2. The first-order chi connectivity index (χ1) is 16.3. The Labute approximate surface area is 210 Å². The molecule has 2 rings (SSSR count). The van der Waals surface area contributed by atoms with Gasteiger partial charge in [-0.2, -0.15) is 0 Å². The summed E-state index contributed by atoms with van der Waals surface area (Å²) >= 11 is 0. The van der Waals surface area contributed by atoms with Gasteiger partial charge in [0, 0.05) is 32.1 Å². The van der Waals surface area contributed by atoms with E-state index >= 15 is 0 Å². The van der Waals surface area contributed by atoms with Crippen molar-refractivity contribution in [3.8, 4) is 0 Å². The molecule has 0 fully saturated rings. The Hall–Kier alpha value is -2.71. The minimum atomic E-state index is -3.62. The lowest BCUT2D eigenvalue weighted by atomic mass is 10.0. The molecule has 0 saturated carbocycles. The lowest BCUT2D eigenvalue weighted by Gasteiger charge is -2.33. The summed E-state index contributed by atoms with van der Waals surface area (Å²) in [5.41, 5.74) is 1.61. The number of hydrogen-bond acceptors (Lipinski definition) is 4. The van der Waals surface area contributed by atoms with E-state index in [0.717, 1.165) is 11.1 Å². The number of carbonyl (C=O) groups excluding carboxylic acids is 2. The van der Waals surface area contributed by atoms with Gasteiger partial charge >= 0.3 is 0 Å². The Balaban J connectivity index is 2.16. The van der Waals surface area contributed by atoms with Crippen molar-refractivity contribution in [3.05, 3.63) is 65.7 Å². The predicted molar refractivity (Wildman–Crippen MR) is 139 cm³/mol. The third-order valence-electron chi connectivity index (χ3n) is 5.63. The lowest BCUT2D eigenvalue weighted by Crippen LogP contribution is -2.53. The Morgan fingerprint density at radius 2 is 1.69 bits per heavy atom. The molecule has 2 amide bonds. The van der Waals surface area contributed by atoms with Crippen LogP contribution in [0.5, 0.6) is 0 Å². The largest absolute Gasteiger partial charge is 0.350 e. The van der Waals surface area contributed by atoms with E-state index in [9.17, 15) is 18.0 Å². The molecule has 0 heterocycles. The van der Waals surface area contributed by atoms with Crippen LogP contribution in [0.1, 0.15) is 58.1 Å². The number of sulfonamides is 1. The smallest absolute Gasteiger partial charge is 0.243 e. The summed E-state index contributed by atoms with van der Waals surface area (Å²) < 4.78 is 26.8. The number of rotatable bonds is 11. The number of aryl methyl sites for hydroxylation is 1. The van der Waals surface area contributed by atoms with Crippen LogP contribution in [-0.2, 0) is 26.2 Å². The van der Waals surface area contributed by atoms with Crippen molar-refractivity contribution in [2.75, 3.05) is 13.6 Å². The third kappa shape index (κ3) is 8.47. The van der Waals surface area contributed by atoms with Crippen LogP contribution in [-0.4, -0.2) is 54.6 Å². The summed E-state index contributed by atoms with van der Waals surface area (Å²) in [4.78, 5) is 28.3. The summed E-state index contributed by atoms with van der Waals surface area (Å²) in [6, 6.07) is 15.5. The molecule has 1 N–H and O–H groups in total. The maximum Gasteiger partial charge on any atom is 0.243 e. The van der Waals surface area contributed by atoms with E-state index in [2.05, 4.69) is 5.32 Å². The highest BCUT2D eigenvalue weighted by molar-refractivity contribution is 7.89. The van der Waals surface area contributed by atoms with Gasteiger partial charge in [0.15, 0.2) is 0 Å². The average molecular weight is 502 g/mol. The summed E-state index contributed by atoms with van der Waals surface area (Å²) in [6.07, 6.45) is 0.963. The summed E-state index contributed by atoms with van der Waals surface area (Å²) in [5.74, 6) is -0.363. The Morgan fingerprint density at radius 3 is 2.26 bits per heavy atom. The van der Waals surface area contributed by atoms with E-state index in [4.69, 9.17) is 0 Å². The summed E-state index contributed by atoms with van der Waals surface area (Å²) in [7, 11) is -2.10. The first kappa shape index (κ1) is 28.5. The monoisotopic (exact) mass is 501 g/mol. The number of benzene rings is 2. The minimum absolute atomic E-state index is 0.139. The topological polar surface area (TPSA) is 86.8 Å². The van der Waals surface area contributed by atoms with E-state index in [-0.39, 0.29) is 29.7 Å². The molecule has 2 aromatic rings. The minimum Gasteiger partial charge on any atom is -0.350 e. The van der Waals surface area contributed by atoms with Gasteiger partial charge in [-0.3, -0.25) is 9.59 Å². The first-order valence-electron chi connectivity index (χ1n) is 12.0. The fourth-order valence-electron chi connectivity index (χ4n) is 3.87. The number of carbonyl (C=O) groups is 2. The van der Waals surface area contributed by atoms with Crippen LogP contribution in [0.2, 0.25) is 0 Å². The van der Waals surface area contributed by atoms with Crippen LogP contribution < -0.4 is 5.32 Å². The number of nitrogens with zero attached hydrogens (tertiary/aromatic N) is 2. The second-order valence-electron chi connectivity index (χ2n) is 9.92. The van der Waals surface area contributed by atoms with E-state index < -0.39 is 21.6 Å².